The van der Waals surface area contributed by atoms with Crippen LogP contribution >= 0.6 is 0 Å². The molecule has 0 radical (unpaired) electrons. The molecular weight excluding hydrogens is 380 g/mol. The first-order chi connectivity index (χ1) is 15.2. The molecule has 2 aliphatic rings. The lowest BCUT2D eigenvalue weighted by Crippen LogP contribution is -2.25. The van der Waals surface area contributed by atoms with Gasteiger partial charge in [-0.3, -0.25) is 4.79 Å². The van der Waals surface area contributed by atoms with Crippen LogP contribution in [-0.2, 0) is 4.79 Å². The number of unbranched alkanes of at least 4 members (excludes halogenated alkanes) is 1. The minimum atomic E-state index is -0.0287. The zero-order valence-electron chi connectivity index (χ0n) is 19.7. The topological polar surface area (TPSA) is 26.3 Å². The summed E-state index contributed by atoms with van der Waals surface area (Å²) < 4.78 is 5.74. The van der Waals surface area contributed by atoms with E-state index in [9.17, 15) is 4.79 Å². The molecule has 2 nitrogen and oxygen atoms in total. The Balaban J connectivity index is 1.41. The lowest BCUT2D eigenvalue weighted by atomic mass is 9.78. The molecule has 3 rings (SSSR count). The first-order valence-corrected chi connectivity index (χ1v) is 12.8. The van der Waals surface area contributed by atoms with Crippen molar-refractivity contribution in [1.82, 2.24) is 0 Å². The second-order valence-corrected chi connectivity index (χ2v) is 9.68. The summed E-state index contributed by atoms with van der Waals surface area (Å²) in [6.45, 7) is 4.32. The highest BCUT2D eigenvalue weighted by molar-refractivity contribution is 5.75. The van der Waals surface area contributed by atoms with Crippen LogP contribution in [0.25, 0.3) is 0 Å². The molecule has 0 aromatic heterocycles. The van der Waals surface area contributed by atoms with Gasteiger partial charge in [-0.1, -0.05) is 49.8 Å². The van der Waals surface area contributed by atoms with E-state index in [1.165, 1.54) is 56.9 Å². The van der Waals surface area contributed by atoms with Gasteiger partial charge in [-0.05, 0) is 113 Å². The van der Waals surface area contributed by atoms with Gasteiger partial charge in [-0.15, -0.1) is 0 Å². The van der Waals surface area contributed by atoms with E-state index < -0.39 is 0 Å². The third-order valence-electron chi connectivity index (χ3n) is 7.36. The third kappa shape index (κ3) is 7.66. The molecule has 0 N–H and O–H groups in total. The van der Waals surface area contributed by atoms with Crippen molar-refractivity contribution in [2.75, 3.05) is 0 Å². The Bertz CT molecular complexity index is 699. The maximum Gasteiger partial charge on any atom is 0.314 e. The molecule has 170 valence electrons. The summed E-state index contributed by atoms with van der Waals surface area (Å²) >= 11 is 0. The second kappa shape index (κ2) is 12.9. The average Bonchev–Trinajstić information content (AvgIpc) is 2.81. The van der Waals surface area contributed by atoms with Crippen molar-refractivity contribution in [3.63, 3.8) is 0 Å². The van der Waals surface area contributed by atoms with E-state index in [0.29, 0.717) is 11.7 Å². The van der Waals surface area contributed by atoms with Crippen LogP contribution in [0.15, 0.2) is 48.6 Å². The molecule has 31 heavy (non-hydrogen) atoms. The van der Waals surface area contributed by atoms with Crippen LogP contribution in [0.5, 0.6) is 5.75 Å². The van der Waals surface area contributed by atoms with Gasteiger partial charge >= 0.3 is 5.97 Å². The van der Waals surface area contributed by atoms with E-state index in [4.69, 9.17) is 4.74 Å². The Kier molecular flexibility index (Phi) is 9.90. The van der Waals surface area contributed by atoms with Crippen molar-refractivity contribution >= 4 is 5.97 Å². The fourth-order valence-electron chi connectivity index (χ4n) is 5.29. The largest absolute Gasteiger partial charge is 0.426 e. The third-order valence-corrected chi connectivity index (χ3v) is 7.36. The highest BCUT2D eigenvalue weighted by Crippen LogP contribution is 2.37. The van der Waals surface area contributed by atoms with Gasteiger partial charge in [0.05, 0.1) is 5.92 Å². The highest BCUT2D eigenvalue weighted by Gasteiger charge is 2.27. The SMILES string of the molecule is C/C=C/CC[C@H]1CC[C@H](C(=O)Oc2ccc(C3CCC(/C=C/CCC)CC3)cc2)CC1. The van der Waals surface area contributed by atoms with Crippen LogP contribution in [0, 0.1) is 17.8 Å². The number of benzene rings is 1. The molecule has 2 saturated carbocycles. The number of carbonyl (C=O) groups is 1. The number of rotatable bonds is 9. The average molecular weight is 423 g/mol. The minimum Gasteiger partial charge on any atom is -0.426 e. The maximum absolute atomic E-state index is 12.6. The van der Waals surface area contributed by atoms with Gasteiger partial charge in [0.2, 0.25) is 0 Å². The summed E-state index contributed by atoms with van der Waals surface area (Å²) in [7, 11) is 0. The Morgan fingerprint density at radius 2 is 1.65 bits per heavy atom. The summed E-state index contributed by atoms with van der Waals surface area (Å²) in [6.07, 6.45) is 23.4. The van der Waals surface area contributed by atoms with Crippen molar-refractivity contribution in [2.45, 2.75) is 96.8 Å². The molecule has 0 amide bonds. The monoisotopic (exact) mass is 422 g/mol. The van der Waals surface area contributed by atoms with Crippen molar-refractivity contribution in [2.24, 2.45) is 17.8 Å². The van der Waals surface area contributed by atoms with Crippen molar-refractivity contribution < 1.29 is 9.53 Å². The van der Waals surface area contributed by atoms with Crippen molar-refractivity contribution in [1.29, 1.82) is 0 Å². The van der Waals surface area contributed by atoms with Crippen LogP contribution in [0.2, 0.25) is 0 Å². The zero-order chi connectivity index (χ0) is 21.9. The molecule has 2 aliphatic carbocycles. The van der Waals surface area contributed by atoms with Crippen LogP contribution in [0.4, 0.5) is 0 Å². The summed E-state index contributed by atoms with van der Waals surface area (Å²) in [4.78, 5) is 12.6. The van der Waals surface area contributed by atoms with Gasteiger partial charge in [0.1, 0.15) is 5.75 Å². The van der Waals surface area contributed by atoms with Crippen LogP contribution in [0.1, 0.15) is 102 Å². The Morgan fingerprint density at radius 1 is 0.935 bits per heavy atom. The van der Waals surface area contributed by atoms with E-state index in [0.717, 1.165) is 37.5 Å². The van der Waals surface area contributed by atoms with Crippen LogP contribution in [0.3, 0.4) is 0 Å². The number of allylic oxidation sites excluding steroid dienone is 4. The van der Waals surface area contributed by atoms with Gasteiger partial charge < -0.3 is 4.74 Å². The maximum atomic E-state index is 12.6. The molecule has 2 fully saturated rings. The molecule has 1 aromatic rings. The summed E-state index contributed by atoms with van der Waals surface area (Å²) in [5.74, 6) is 2.95. The molecular formula is C29H42O2. The molecule has 0 bridgehead atoms. The van der Waals surface area contributed by atoms with E-state index in [2.05, 4.69) is 50.3 Å². The second-order valence-electron chi connectivity index (χ2n) is 9.68. The van der Waals surface area contributed by atoms with E-state index in [1.807, 2.05) is 12.1 Å². The zero-order valence-corrected chi connectivity index (χ0v) is 19.7. The fraction of sp³-hybridized carbons (Fsp3) is 0.621. The predicted octanol–water partition coefficient (Wildman–Crippen LogP) is 8.38. The van der Waals surface area contributed by atoms with Crippen LogP contribution < -0.4 is 4.74 Å². The summed E-state index contributed by atoms with van der Waals surface area (Å²) in [5.41, 5.74) is 1.40. The summed E-state index contributed by atoms with van der Waals surface area (Å²) in [5, 5.41) is 0. The number of esters is 1. The molecule has 0 spiro atoms. The smallest absolute Gasteiger partial charge is 0.314 e. The van der Waals surface area contributed by atoms with Gasteiger partial charge in [-0.2, -0.15) is 0 Å². The molecule has 1 aromatic carbocycles. The Morgan fingerprint density at radius 3 is 2.29 bits per heavy atom. The quantitative estimate of drug-likeness (QED) is 0.227. The predicted molar refractivity (Wildman–Crippen MR) is 130 cm³/mol. The first-order valence-electron chi connectivity index (χ1n) is 12.8. The normalized spacial score (nSPS) is 27.0. The molecule has 0 heterocycles. The van der Waals surface area contributed by atoms with Crippen molar-refractivity contribution in [3.05, 3.63) is 54.1 Å². The number of hydrogen-bond acceptors (Lipinski definition) is 2. The fourth-order valence-corrected chi connectivity index (χ4v) is 5.29. The lowest BCUT2D eigenvalue weighted by Gasteiger charge is -2.27. The van der Waals surface area contributed by atoms with E-state index in [-0.39, 0.29) is 11.9 Å². The van der Waals surface area contributed by atoms with Gasteiger partial charge in [-0.25, -0.2) is 0 Å². The number of ether oxygens (including phenoxy) is 1. The van der Waals surface area contributed by atoms with Crippen LogP contribution in [-0.4, -0.2) is 5.97 Å². The highest BCUT2D eigenvalue weighted by atomic mass is 16.5. The molecule has 0 atom stereocenters. The number of hydrogen-bond donors (Lipinski definition) is 0. The minimum absolute atomic E-state index is 0.0287. The number of carbonyl (C=O) groups excluding carboxylic acids is 1. The van der Waals surface area contributed by atoms with Crippen molar-refractivity contribution in [3.8, 4) is 5.75 Å². The van der Waals surface area contributed by atoms with Gasteiger partial charge in [0.25, 0.3) is 0 Å². The molecule has 2 heteroatoms. The lowest BCUT2D eigenvalue weighted by molar-refractivity contribution is -0.140. The first kappa shape index (κ1) is 23.8. The van der Waals surface area contributed by atoms with Gasteiger partial charge in [0.15, 0.2) is 0 Å². The standard InChI is InChI=1S/C29H42O2/c1-3-5-7-9-23-11-15-25(16-12-23)26-19-21-28(22-20-26)31-29(30)27-17-13-24(14-18-27)10-8-6-4-2/h4,6-7,9,19-25,27H,3,5,8,10-18H2,1-2H3/b6-4+,9-7+/t23?,24-,25?,27-. The molecule has 0 unspecified atom stereocenters. The summed E-state index contributed by atoms with van der Waals surface area (Å²) in [6, 6.07) is 8.36. The molecule has 0 saturated heterocycles. The van der Waals surface area contributed by atoms with E-state index >= 15 is 0 Å². The van der Waals surface area contributed by atoms with Gasteiger partial charge in [0, 0.05) is 0 Å². The molecule has 0 aliphatic heterocycles. The van der Waals surface area contributed by atoms with E-state index in [1.54, 1.807) is 0 Å². The Labute approximate surface area is 190 Å². The Hall–Kier alpha value is -1.83.